The third-order valence-corrected chi connectivity index (χ3v) is 6.68. The average molecular weight is 451 g/mol. The predicted octanol–water partition coefficient (Wildman–Crippen LogP) is 4.19. The zero-order chi connectivity index (χ0) is 22.1. The van der Waals surface area contributed by atoms with Gasteiger partial charge in [-0.15, -0.1) is 11.3 Å². The number of carbonyl (C=O) groups is 2. The van der Waals surface area contributed by atoms with E-state index in [1.54, 1.807) is 4.90 Å². The monoisotopic (exact) mass is 450 g/mol. The second-order valence-corrected chi connectivity index (χ2v) is 8.98. The van der Waals surface area contributed by atoms with Crippen LogP contribution in [-0.4, -0.2) is 47.9 Å². The van der Waals surface area contributed by atoms with Gasteiger partial charge in [-0.2, -0.15) is 0 Å². The van der Waals surface area contributed by atoms with Gasteiger partial charge >= 0.3 is 0 Å². The van der Waals surface area contributed by atoms with Crippen LogP contribution in [0.1, 0.15) is 28.8 Å². The second kappa shape index (κ2) is 8.80. The van der Waals surface area contributed by atoms with Crippen molar-refractivity contribution in [2.24, 2.45) is 0 Å². The van der Waals surface area contributed by atoms with Gasteiger partial charge in [0.1, 0.15) is 5.82 Å². The number of amides is 2. The van der Waals surface area contributed by atoms with Crippen LogP contribution in [0.15, 0.2) is 47.8 Å². The average Bonchev–Trinajstić information content (AvgIpc) is 3.54. The van der Waals surface area contributed by atoms with E-state index < -0.39 is 0 Å². The molecular formula is C24H23FN4O2S. The molecule has 0 atom stereocenters. The van der Waals surface area contributed by atoms with Crippen molar-refractivity contribution in [1.82, 2.24) is 9.88 Å². The molecule has 0 bridgehead atoms. The van der Waals surface area contributed by atoms with Crippen molar-refractivity contribution >= 4 is 34.0 Å². The number of anilines is 2. The summed E-state index contributed by atoms with van der Waals surface area (Å²) in [5, 5.41) is 5.43. The summed E-state index contributed by atoms with van der Waals surface area (Å²) in [6, 6.07) is 11.6. The molecule has 32 heavy (non-hydrogen) atoms. The Kier molecular flexibility index (Phi) is 5.71. The van der Waals surface area contributed by atoms with Gasteiger partial charge in [0.2, 0.25) is 5.91 Å². The largest absolute Gasteiger partial charge is 0.308 e. The Hall–Kier alpha value is -3.10. The number of carbonyl (C=O) groups excluding carboxylic acids is 2. The van der Waals surface area contributed by atoms with Crippen molar-refractivity contribution in [3.63, 3.8) is 0 Å². The molecule has 2 aliphatic heterocycles. The van der Waals surface area contributed by atoms with Gasteiger partial charge < -0.3 is 10.2 Å². The Morgan fingerprint density at radius 3 is 2.62 bits per heavy atom. The van der Waals surface area contributed by atoms with Crippen LogP contribution in [0.5, 0.6) is 0 Å². The molecule has 0 spiro atoms. The van der Waals surface area contributed by atoms with Crippen LogP contribution in [0.25, 0.3) is 11.3 Å². The van der Waals surface area contributed by atoms with Crippen molar-refractivity contribution in [3.05, 3.63) is 64.8 Å². The van der Waals surface area contributed by atoms with Crippen LogP contribution in [0, 0.1) is 5.82 Å². The number of thiazole rings is 1. The molecule has 0 saturated carbocycles. The summed E-state index contributed by atoms with van der Waals surface area (Å²) in [4.78, 5) is 33.6. The molecule has 0 aliphatic carbocycles. The minimum absolute atomic E-state index is 0.0308. The summed E-state index contributed by atoms with van der Waals surface area (Å²) in [5.41, 5.74) is 4.17. The molecule has 2 aromatic carbocycles. The second-order valence-electron chi connectivity index (χ2n) is 8.13. The molecule has 1 aromatic heterocycles. The number of nitrogens with zero attached hydrogens (tertiary/aromatic N) is 3. The van der Waals surface area contributed by atoms with Crippen LogP contribution in [0.4, 0.5) is 15.2 Å². The molecule has 2 amide bonds. The molecule has 1 N–H and O–H groups in total. The van der Waals surface area contributed by atoms with E-state index in [-0.39, 0.29) is 17.6 Å². The lowest BCUT2D eigenvalue weighted by molar-refractivity contribution is -0.117. The van der Waals surface area contributed by atoms with Crippen molar-refractivity contribution in [2.45, 2.75) is 19.3 Å². The van der Waals surface area contributed by atoms with E-state index in [0.29, 0.717) is 23.8 Å². The molecule has 1 fully saturated rings. The number of benzene rings is 2. The number of aromatic nitrogens is 1. The normalized spacial score (nSPS) is 15.7. The summed E-state index contributed by atoms with van der Waals surface area (Å²) >= 11 is 1.41. The van der Waals surface area contributed by atoms with Gasteiger partial charge in [-0.1, -0.05) is 6.07 Å². The molecule has 0 unspecified atom stereocenters. The zero-order valence-electron chi connectivity index (χ0n) is 17.5. The zero-order valence-corrected chi connectivity index (χ0v) is 18.3. The lowest BCUT2D eigenvalue weighted by Crippen LogP contribution is -2.30. The summed E-state index contributed by atoms with van der Waals surface area (Å²) < 4.78 is 13.2. The Balaban J connectivity index is 1.28. The van der Waals surface area contributed by atoms with Gasteiger partial charge in [-0.05, 0) is 74.3 Å². The van der Waals surface area contributed by atoms with Crippen molar-refractivity contribution in [1.29, 1.82) is 0 Å². The highest BCUT2D eigenvalue weighted by Gasteiger charge is 2.26. The van der Waals surface area contributed by atoms with Gasteiger partial charge in [0.05, 0.1) is 12.2 Å². The van der Waals surface area contributed by atoms with E-state index in [4.69, 9.17) is 0 Å². The predicted molar refractivity (Wildman–Crippen MR) is 124 cm³/mol. The maximum atomic E-state index is 13.2. The molecule has 8 heteroatoms. The first-order valence-corrected chi connectivity index (χ1v) is 11.6. The molecule has 1 saturated heterocycles. The number of likely N-dealkylation sites (tertiary alicyclic amines) is 1. The third-order valence-electron chi connectivity index (χ3n) is 5.92. The highest BCUT2D eigenvalue weighted by molar-refractivity contribution is 7.14. The minimum atomic E-state index is -0.358. The summed E-state index contributed by atoms with van der Waals surface area (Å²) in [6.07, 6.45) is 3.06. The van der Waals surface area contributed by atoms with E-state index in [0.717, 1.165) is 54.9 Å². The SMILES string of the molecule is O=C(CN1CCCC1)Nc1nc(-c2ccc3c(c2)CCN3C(=O)c2ccc(F)cc2)cs1. The van der Waals surface area contributed by atoms with Gasteiger partial charge in [-0.25, -0.2) is 9.37 Å². The molecule has 5 rings (SSSR count). The van der Waals surface area contributed by atoms with Crippen molar-refractivity contribution < 1.29 is 14.0 Å². The van der Waals surface area contributed by atoms with Crippen LogP contribution < -0.4 is 10.2 Å². The fraction of sp³-hybridized carbons (Fsp3) is 0.292. The van der Waals surface area contributed by atoms with Crippen molar-refractivity contribution in [3.8, 4) is 11.3 Å². The first kappa shape index (κ1) is 20.8. The standard InChI is InChI=1S/C24H23FN4O2S/c25-19-6-3-16(4-7-19)23(31)29-12-9-18-13-17(5-8-21(18)29)20-15-32-24(26-20)27-22(30)14-28-10-1-2-11-28/h3-8,13,15H,1-2,9-12,14H2,(H,26,27,30). The Morgan fingerprint density at radius 1 is 1.06 bits per heavy atom. The first-order valence-electron chi connectivity index (χ1n) is 10.8. The topological polar surface area (TPSA) is 65.5 Å². The molecule has 2 aliphatic rings. The Labute approximate surface area is 189 Å². The Morgan fingerprint density at radius 2 is 1.84 bits per heavy atom. The fourth-order valence-corrected chi connectivity index (χ4v) is 5.02. The number of hydrogen-bond donors (Lipinski definition) is 1. The Bertz CT molecular complexity index is 1160. The van der Waals surface area contributed by atoms with Crippen molar-refractivity contribution in [2.75, 3.05) is 36.4 Å². The molecule has 0 radical (unpaired) electrons. The highest BCUT2D eigenvalue weighted by atomic mass is 32.1. The van der Waals surface area contributed by atoms with Gasteiger partial charge in [0.25, 0.3) is 5.91 Å². The molecule has 3 aromatic rings. The van der Waals surface area contributed by atoms with Gasteiger partial charge in [0.15, 0.2) is 5.13 Å². The maximum Gasteiger partial charge on any atom is 0.258 e. The number of nitrogens with one attached hydrogen (secondary N) is 1. The highest BCUT2D eigenvalue weighted by Crippen LogP contribution is 2.34. The van der Waals surface area contributed by atoms with E-state index in [1.807, 2.05) is 17.5 Å². The molecule has 3 heterocycles. The lowest BCUT2D eigenvalue weighted by Gasteiger charge is -2.17. The van der Waals surface area contributed by atoms with Gasteiger partial charge in [0, 0.05) is 28.7 Å². The van der Waals surface area contributed by atoms with Crippen LogP contribution >= 0.6 is 11.3 Å². The molecule has 164 valence electrons. The fourth-order valence-electron chi connectivity index (χ4n) is 4.29. The number of fused-ring (bicyclic) bond motifs is 1. The van der Waals surface area contributed by atoms with Crippen LogP contribution in [-0.2, 0) is 11.2 Å². The van der Waals surface area contributed by atoms with E-state index >= 15 is 0 Å². The smallest absolute Gasteiger partial charge is 0.258 e. The summed E-state index contributed by atoms with van der Waals surface area (Å²) in [6.45, 7) is 2.95. The maximum absolute atomic E-state index is 13.2. The quantitative estimate of drug-likeness (QED) is 0.633. The summed E-state index contributed by atoms with van der Waals surface area (Å²) in [5.74, 6) is -0.521. The first-order chi connectivity index (χ1) is 15.6. The molecule has 6 nitrogen and oxygen atoms in total. The lowest BCUT2D eigenvalue weighted by atomic mass is 10.1. The van der Waals surface area contributed by atoms with Gasteiger partial charge in [-0.3, -0.25) is 14.5 Å². The van der Waals surface area contributed by atoms with Crippen LogP contribution in [0.2, 0.25) is 0 Å². The number of hydrogen-bond acceptors (Lipinski definition) is 5. The summed E-state index contributed by atoms with van der Waals surface area (Å²) in [7, 11) is 0. The van der Waals surface area contributed by atoms with E-state index in [1.165, 1.54) is 35.6 Å². The third kappa shape index (κ3) is 4.28. The van der Waals surface area contributed by atoms with E-state index in [2.05, 4.69) is 21.3 Å². The van der Waals surface area contributed by atoms with Crippen LogP contribution in [0.3, 0.4) is 0 Å². The number of halogens is 1. The number of rotatable bonds is 5. The minimum Gasteiger partial charge on any atom is -0.308 e. The molecular weight excluding hydrogens is 427 g/mol. The van der Waals surface area contributed by atoms with E-state index in [9.17, 15) is 14.0 Å².